The second-order valence-corrected chi connectivity index (χ2v) is 6.73. The fourth-order valence-corrected chi connectivity index (χ4v) is 3.95. The number of rotatable bonds is 0. The maximum Gasteiger partial charge on any atom is 0.0656 e. The maximum atomic E-state index is 10.6. The van der Waals surface area contributed by atoms with Gasteiger partial charge >= 0.3 is 0 Å². The molecule has 0 saturated heterocycles. The lowest BCUT2D eigenvalue weighted by Crippen LogP contribution is -2.50. The molecule has 2 aliphatic rings. The molecular formula is C15H26O. The molecule has 0 radical (unpaired) electrons. The van der Waals surface area contributed by atoms with Crippen LogP contribution in [-0.2, 0) is 0 Å². The van der Waals surface area contributed by atoms with Crippen molar-refractivity contribution in [2.45, 2.75) is 71.8 Å². The number of hydrogen-bond donors (Lipinski definition) is 1. The fraction of sp³-hybridized carbons (Fsp3) is 0.867. The molecule has 0 aromatic heterocycles. The Morgan fingerprint density at radius 1 is 1.19 bits per heavy atom. The first-order valence-electron chi connectivity index (χ1n) is 6.73. The molecule has 2 saturated carbocycles. The van der Waals surface area contributed by atoms with E-state index in [0.29, 0.717) is 11.3 Å². The molecule has 1 heteroatoms. The minimum absolute atomic E-state index is 0.390. The van der Waals surface area contributed by atoms with Crippen LogP contribution in [0.25, 0.3) is 0 Å². The van der Waals surface area contributed by atoms with Gasteiger partial charge < -0.3 is 5.11 Å². The molecule has 0 spiro atoms. The van der Waals surface area contributed by atoms with Gasteiger partial charge in [-0.15, -0.1) is 0 Å². The largest absolute Gasteiger partial charge is 0.390 e. The van der Waals surface area contributed by atoms with Gasteiger partial charge in [-0.2, -0.15) is 0 Å². The van der Waals surface area contributed by atoms with Crippen molar-refractivity contribution in [1.82, 2.24) is 0 Å². The third-order valence-corrected chi connectivity index (χ3v) is 5.18. The van der Waals surface area contributed by atoms with E-state index in [1.165, 1.54) is 31.3 Å². The van der Waals surface area contributed by atoms with Gasteiger partial charge in [0.05, 0.1) is 5.60 Å². The zero-order chi connectivity index (χ0) is 12.0. The van der Waals surface area contributed by atoms with E-state index in [4.69, 9.17) is 0 Å². The van der Waals surface area contributed by atoms with Gasteiger partial charge in [-0.05, 0) is 64.2 Å². The third-order valence-electron chi connectivity index (χ3n) is 5.18. The van der Waals surface area contributed by atoms with Gasteiger partial charge in [-0.3, -0.25) is 0 Å². The summed E-state index contributed by atoms with van der Waals surface area (Å²) in [6.45, 7) is 8.89. The molecule has 0 aliphatic heterocycles. The topological polar surface area (TPSA) is 20.2 Å². The standard InChI is InChI=1S/C15H26O/c1-11(2)12-6-9-14(3)7-5-8-15(4,16)13(14)10-12/h13,16H,5-10H2,1-4H3/t13?,14-,15-/m1/s1. The molecule has 16 heavy (non-hydrogen) atoms. The molecule has 0 heterocycles. The van der Waals surface area contributed by atoms with Crippen molar-refractivity contribution < 1.29 is 5.11 Å². The Labute approximate surface area is 99.9 Å². The van der Waals surface area contributed by atoms with E-state index in [2.05, 4.69) is 27.7 Å². The molecule has 2 rings (SSSR count). The molecule has 0 aromatic carbocycles. The van der Waals surface area contributed by atoms with Crippen LogP contribution in [0, 0.1) is 11.3 Å². The molecular weight excluding hydrogens is 196 g/mol. The van der Waals surface area contributed by atoms with Gasteiger partial charge in [0, 0.05) is 0 Å². The van der Waals surface area contributed by atoms with Gasteiger partial charge in [0.25, 0.3) is 0 Å². The summed E-state index contributed by atoms with van der Waals surface area (Å²) in [5, 5.41) is 10.6. The number of fused-ring (bicyclic) bond motifs is 1. The molecule has 3 atom stereocenters. The minimum atomic E-state index is -0.436. The Balaban J connectivity index is 2.28. The predicted octanol–water partition coefficient (Wildman–Crippen LogP) is 4.06. The van der Waals surface area contributed by atoms with Crippen LogP contribution < -0.4 is 0 Å². The quantitative estimate of drug-likeness (QED) is 0.613. The lowest BCUT2D eigenvalue weighted by Gasteiger charge is -2.53. The van der Waals surface area contributed by atoms with Crippen molar-refractivity contribution in [2.24, 2.45) is 11.3 Å². The van der Waals surface area contributed by atoms with Gasteiger partial charge in [0.1, 0.15) is 0 Å². The van der Waals surface area contributed by atoms with E-state index in [1.54, 1.807) is 5.57 Å². The summed E-state index contributed by atoms with van der Waals surface area (Å²) < 4.78 is 0. The fourth-order valence-electron chi connectivity index (χ4n) is 3.95. The maximum absolute atomic E-state index is 10.6. The van der Waals surface area contributed by atoms with Crippen LogP contribution in [0.3, 0.4) is 0 Å². The normalized spacial score (nSPS) is 44.1. The first-order chi connectivity index (χ1) is 7.35. The number of allylic oxidation sites excluding steroid dienone is 2. The Bertz CT molecular complexity index is 309. The van der Waals surface area contributed by atoms with Crippen LogP contribution in [0.2, 0.25) is 0 Å². The van der Waals surface area contributed by atoms with Crippen LogP contribution in [0.4, 0.5) is 0 Å². The Hall–Kier alpha value is -0.300. The summed E-state index contributed by atoms with van der Waals surface area (Å²) >= 11 is 0. The molecule has 92 valence electrons. The smallest absolute Gasteiger partial charge is 0.0656 e. The van der Waals surface area contributed by atoms with Crippen LogP contribution >= 0.6 is 0 Å². The summed E-state index contributed by atoms with van der Waals surface area (Å²) in [6.07, 6.45) is 7.16. The van der Waals surface area contributed by atoms with Crippen LogP contribution in [0.15, 0.2) is 11.1 Å². The van der Waals surface area contributed by atoms with Gasteiger partial charge in [0.2, 0.25) is 0 Å². The molecule has 0 aromatic rings. The first-order valence-corrected chi connectivity index (χ1v) is 6.73. The zero-order valence-corrected chi connectivity index (χ0v) is 11.3. The highest BCUT2D eigenvalue weighted by atomic mass is 16.3. The minimum Gasteiger partial charge on any atom is -0.390 e. The summed E-state index contributed by atoms with van der Waals surface area (Å²) in [4.78, 5) is 0. The van der Waals surface area contributed by atoms with Crippen LogP contribution in [0.1, 0.15) is 66.2 Å². The zero-order valence-electron chi connectivity index (χ0n) is 11.3. The second kappa shape index (κ2) is 3.87. The van der Waals surface area contributed by atoms with Crippen LogP contribution in [-0.4, -0.2) is 10.7 Å². The van der Waals surface area contributed by atoms with Gasteiger partial charge in [0.15, 0.2) is 0 Å². The Kier molecular flexibility index (Phi) is 2.94. The third kappa shape index (κ3) is 1.95. The SMILES string of the molecule is CC(C)=C1CC[C@@]2(C)CCC[C@@](C)(O)C2C1. The van der Waals surface area contributed by atoms with Crippen molar-refractivity contribution in [2.75, 3.05) is 0 Å². The van der Waals surface area contributed by atoms with Crippen molar-refractivity contribution >= 4 is 0 Å². The van der Waals surface area contributed by atoms with E-state index in [1.807, 2.05) is 0 Å². The highest BCUT2D eigenvalue weighted by Crippen LogP contribution is 2.55. The first kappa shape index (κ1) is 12.2. The van der Waals surface area contributed by atoms with E-state index in [-0.39, 0.29) is 0 Å². The molecule has 1 unspecified atom stereocenters. The summed E-state index contributed by atoms with van der Waals surface area (Å²) in [5.74, 6) is 0.479. The van der Waals surface area contributed by atoms with Crippen LogP contribution in [0.5, 0.6) is 0 Å². The van der Waals surface area contributed by atoms with Gasteiger partial charge in [-0.1, -0.05) is 24.5 Å². The molecule has 2 aliphatic carbocycles. The average Bonchev–Trinajstić information content (AvgIpc) is 2.15. The molecule has 1 N–H and O–H groups in total. The molecule has 0 bridgehead atoms. The van der Waals surface area contributed by atoms with E-state index < -0.39 is 5.60 Å². The summed E-state index contributed by atoms with van der Waals surface area (Å²) in [6, 6.07) is 0. The lowest BCUT2D eigenvalue weighted by atomic mass is 9.54. The molecule has 1 nitrogen and oxygen atoms in total. The van der Waals surface area contributed by atoms with Crippen molar-refractivity contribution in [1.29, 1.82) is 0 Å². The summed E-state index contributed by atoms with van der Waals surface area (Å²) in [7, 11) is 0. The molecule has 2 fully saturated rings. The second-order valence-electron chi connectivity index (χ2n) is 6.73. The van der Waals surface area contributed by atoms with E-state index in [9.17, 15) is 5.11 Å². The molecule has 0 amide bonds. The Morgan fingerprint density at radius 2 is 1.88 bits per heavy atom. The monoisotopic (exact) mass is 222 g/mol. The van der Waals surface area contributed by atoms with E-state index >= 15 is 0 Å². The Morgan fingerprint density at radius 3 is 2.50 bits per heavy atom. The van der Waals surface area contributed by atoms with E-state index in [0.717, 1.165) is 12.8 Å². The highest BCUT2D eigenvalue weighted by Gasteiger charge is 2.49. The lowest BCUT2D eigenvalue weighted by molar-refractivity contribution is -0.105. The number of aliphatic hydroxyl groups is 1. The van der Waals surface area contributed by atoms with Crippen molar-refractivity contribution in [3.8, 4) is 0 Å². The van der Waals surface area contributed by atoms with Gasteiger partial charge in [-0.25, -0.2) is 0 Å². The van der Waals surface area contributed by atoms with Crippen molar-refractivity contribution in [3.05, 3.63) is 11.1 Å². The summed E-state index contributed by atoms with van der Waals surface area (Å²) in [5.41, 5.74) is 3.03. The highest BCUT2D eigenvalue weighted by molar-refractivity contribution is 5.18. The van der Waals surface area contributed by atoms with Crippen molar-refractivity contribution in [3.63, 3.8) is 0 Å². The number of hydrogen-bond acceptors (Lipinski definition) is 1. The predicted molar refractivity (Wildman–Crippen MR) is 68.3 cm³/mol. The average molecular weight is 222 g/mol.